The van der Waals surface area contributed by atoms with Crippen molar-refractivity contribution in [1.29, 1.82) is 0 Å². The fourth-order valence-corrected chi connectivity index (χ4v) is 7.00. The van der Waals surface area contributed by atoms with Crippen molar-refractivity contribution in [3.8, 4) is 0 Å². The number of nitrogens with zero attached hydrogens (tertiary/aromatic N) is 3. The van der Waals surface area contributed by atoms with Crippen LogP contribution in [0, 0.1) is 16.2 Å². The summed E-state index contributed by atoms with van der Waals surface area (Å²) in [5.74, 6) is 0. The van der Waals surface area contributed by atoms with Crippen LogP contribution >= 0.6 is 0 Å². The molecule has 0 amide bonds. The zero-order valence-corrected chi connectivity index (χ0v) is 15.8. The van der Waals surface area contributed by atoms with Crippen LogP contribution in [0.4, 0.5) is 0 Å². The van der Waals surface area contributed by atoms with Crippen LogP contribution in [0.2, 0.25) is 0 Å². The first kappa shape index (κ1) is 15.9. The molecule has 4 aliphatic heterocycles. The maximum Gasteiger partial charge on any atom is 0.0536 e. The van der Waals surface area contributed by atoms with Gasteiger partial charge in [0.15, 0.2) is 0 Å². The normalized spacial score (nSPS) is 47.3. The van der Waals surface area contributed by atoms with Gasteiger partial charge in [0.2, 0.25) is 0 Å². The highest BCUT2D eigenvalue weighted by atomic mass is 16.5. The van der Waals surface area contributed by atoms with Gasteiger partial charge in [0.1, 0.15) is 0 Å². The maximum absolute atomic E-state index is 5.73. The Morgan fingerprint density at radius 2 is 1.44 bits per heavy atom. The molecular weight excluding hydrogens is 310 g/mol. The molecule has 6 aliphatic rings. The predicted octanol–water partition coefficient (Wildman–Crippen LogP) is 2.74. The first-order chi connectivity index (χ1) is 12.2. The molecule has 0 aromatic carbocycles. The molecule has 2 saturated carbocycles. The molecule has 0 aromatic rings. The van der Waals surface area contributed by atoms with E-state index in [0.717, 1.165) is 24.7 Å². The largest absolute Gasteiger partial charge is 0.381 e. The summed E-state index contributed by atoms with van der Waals surface area (Å²) in [6.07, 6.45) is 13.1. The van der Waals surface area contributed by atoms with Gasteiger partial charge < -0.3 is 4.74 Å². The Kier molecular flexibility index (Phi) is 3.45. The average Bonchev–Trinajstić information content (AvgIpc) is 3.19. The van der Waals surface area contributed by atoms with Crippen molar-refractivity contribution in [2.24, 2.45) is 16.2 Å². The number of likely N-dealkylation sites (tertiary alicyclic amines) is 1. The highest BCUT2D eigenvalue weighted by molar-refractivity contribution is 5.05. The summed E-state index contributed by atoms with van der Waals surface area (Å²) in [4.78, 5) is 2.89. The molecule has 140 valence electrons. The van der Waals surface area contributed by atoms with Gasteiger partial charge in [-0.1, -0.05) is 0 Å². The van der Waals surface area contributed by atoms with Crippen molar-refractivity contribution in [3.63, 3.8) is 0 Å². The van der Waals surface area contributed by atoms with Crippen LogP contribution in [0.1, 0.15) is 57.8 Å². The third kappa shape index (κ3) is 2.62. The van der Waals surface area contributed by atoms with Crippen LogP contribution in [-0.2, 0) is 4.74 Å². The van der Waals surface area contributed by atoms with Crippen LogP contribution in [0.15, 0.2) is 0 Å². The fraction of sp³-hybridized carbons (Fsp3) is 1.00. The van der Waals surface area contributed by atoms with E-state index in [2.05, 4.69) is 14.9 Å². The molecule has 6 rings (SSSR count). The monoisotopic (exact) mass is 345 g/mol. The third-order valence-electron chi connectivity index (χ3n) is 9.04. The molecule has 3 unspecified atom stereocenters. The van der Waals surface area contributed by atoms with E-state index in [4.69, 9.17) is 4.74 Å². The molecule has 0 N–H and O–H groups in total. The standard InChI is InChI=1S/C21H35N3O/c1-2-20(13-18(1)22-9-5-19(14-22)3-4-19)6-10-23(15-20)24-11-7-21(16-24)8-12-25-17-21/h18H,1-17H2. The molecule has 0 aromatic heterocycles. The molecule has 0 bridgehead atoms. The summed E-state index contributed by atoms with van der Waals surface area (Å²) >= 11 is 0. The van der Waals surface area contributed by atoms with Gasteiger partial charge in [-0.2, -0.15) is 0 Å². The van der Waals surface area contributed by atoms with Gasteiger partial charge in [-0.3, -0.25) is 4.90 Å². The number of hydrogen-bond acceptors (Lipinski definition) is 4. The van der Waals surface area contributed by atoms with Crippen LogP contribution in [0.5, 0.6) is 0 Å². The number of hydrazine groups is 1. The van der Waals surface area contributed by atoms with E-state index in [0.29, 0.717) is 10.8 Å². The van der Waals surface area contributed by atoms with Gasteiger partial charge in [0, 0.05) is 50.8 Å². The Labute approximate surface area is 152 Å². The van der Waals surface area contributed by atoms with Crippen molar-refractivity contribution in [2.75, 3.05) is 52.5 Å². The first-order valence-corrected chi connectivity index (χ1v) is 11.0. The quantitative estimate of drug-likeness (QED) is 0.766. The molecule has 4 nitrogen and oxygen atoms in total. The van der Waals surface area contributed by atoms with E-state index in [9.17, 15) is 0 Å². The van der Waals surface area contributed by atoms with E-state index < -0.39 is 0 Å². The first-order valence-electron chi connectivity index (χ1n) is 11.0. The molecule has 25 heavy (non-hydrogen) atoms. The van der Waals surface area contributed by atoms with Crippen molar-refractivity contribution in [1.82, 2.24) is 14.9 Å². The summed E-state index contributed by atoms with van der Waals surface area (Å²) in [6, 6.07) is 0.910. The van der Waals surface area contributed by atoms with Crippen molar-refractivity contribution < 1.29 is 4.74 Å². The summed E-state index contributed by atoms with van der Waals surface area (Å²) in [5.41, 5.74) is 1.94. The van der Waals surface area contributed by atoms with E-state index >= 15 is 0 Å². The highest BCUT2D eigenvalue weighted by Crippen LogP contribution is 2.55. The Morgan fingerprint density at radius 3 is 2.16 bits per heavy atom. The Morgan fingerprint density at radius 1 is 0.680 bits per heavy atom. The van der Waals surface area contributed by atoms with Gasteiger partial charge in [0.05, 0.1) is 6.61 Å². The summed E-state index contributed by atoms with van der Waals surface area (Å²) in [5, 5.41) is 5.47. The number of hydrogen-bond donors (Lipinski definition) is 0. The van der Waals surface area contributed by atoms with Gasteiger partial charge in [-0.15, -0.1) is 0 Å². The number of rotatable bonds is 2. The Hall–Kier alpha value is -0.160. The zero-order valence-electron chi connectivity index (χ0n) is 15.8. The third-order valence-corrected chi connectivity index (χ3v) is 9.04. The molecule has 4 saturated heterocycles. The van der Waals surface area contributed by atoms with E-state index in [1.165, 1.54) is 97.1 Å². The summed E-state index contributed by atoms with van der Waals surface area (Å²) < 4.78 is 5.73. The van der Waals surface area contributed by atoms with Gasteiger partial charge in [-0.05, 0) is 75.2 Å². The minimum Gasteiger partial charge on any atom is -0.381 e. The lowest BCUT2D eigenvalue weighted by Gasteiger charge is -2.32. The lowest BCUT2D eigenvalue weighted by Crippen LogP contribution is -2.42. The second-order valence-electron chi connectivity index (χ2n) is 10.7. The molecule has 2 aliphatic carbocycles. The van der Waals surface area contributed by atoms with Crippen LogP contribution < -0.4 is 0 Å². The second-order valence-corrected chi connectivity index (χ2v) is 10.7. The predicted molar refractivity (Wildman–Crippen MR) is 98.2 cm³/mol. The molecule has 4 heterocycles. The van der Waals surface area contributed by atoms with Crippen molar-refractivity contribution in [2.45, 2.75) is 63.8 Å². The zero-order chi connectivity index (χ0) is 16.5. The highest BCUT2D eigenvalue weighted by Gasteiger charge is 2.53. The van der Waals surface area contributed by atoms with Crippen LogP contribution in [0.3, 0.4) is 0 Å². The topological polar surface area (TPSA) is 19.0 Å². The maximum atomic E-state index is 5.73. The van der Waals surface area contributed by atoms with Crippen molar-refractivity contribution in [3.05, 3.63) is 0 Å². The minimum atomic E-state index is 0.502. The lowest BCUT2D eigenvalue weighted by molar-refractivity contribution is -0.00272. The molecule has 0 radical (unpaired) electrons. The minimum absolute atomic E-state index is 0.502. The molecule has 3 atom stereocenters. The molecular formula is C21H35N3O. The van der Waals surface area contributed by atoms with E-state index in [-0.39, 0.29) is 0 Å². The van der Waals surface area contributed by atoms with Gasteiger partial charge in [0.25, 0.3) is 0 Å². The Balaban J connectivity index is 1.08. The molecule has 4 heteroatoms. The van der Waals surface area contributed by atoms with Crippen LogP contribution in [0.25, 0.3) is 0 Å². The van der Waals surface area contributed by atoms with Gasteiger partial charge >= 0.3 is 0 Å². The van der Waals surface area contributed by atoms with Crippen molar-refractivity contribution >= 4 is 0 Å². The van der Waals surface area contributed by atoms with Gasteiger partial charge in [-0.25, -0.2) is 10.0 Å². The number of ether oxygens (including phenoxy) is 1. The fourth-order valence-electron chi connectivity index (χ4n) is 7.00. The van der Waals surface area contributed by atoms with Crippen LogP contribution in [-0.4, -0.2) is 73.4 Å². The average molecular weight is 346 g/mol. The molecule has 3 spiro atoms. The lowest BCUT2D eigenvalue weighted by atomic mass is 9.85. The summed E-state index contributed by atoms with van der Waals surface area (Å²) in [7, 11) is 0. The SMILES string of the molecule is C1CC2(CCN(N3CCC4(CCC(N5CCC6(CC6)C5)C4)C3)C2)CO1. The summed E-state index contributed by atoms with van der Waals surface area (Å²) in [6.45, 7) is 10.1. The molecule has 6 fully saturated rings. The Bertz CT molecular complexity index is 541. The van der Waals surface area contributed by atoms with E-state index in [1.54, 1.807) is 0 Å². The second kappa shape index (κ2) is 5.43. The smallest absolute Gasteiger partial charge is 0.0536 e. The van der Waals surface area contributed by atoms with E-state index in [1.807, 2.05) is 0 Å².